The van der Waals surface area contributed by atoms with E-state index in [4.69, 9.17) is 10.4 Å². The maximum Gasteiger partial charge on any atom is 0.346 e. The molecule has 4 heteroatoms. The van der Waals surface area contributed by atoms with Crippen LogP contribution in [0.25, 0.3) is 0 Å². The molecule has 1 N–H and O–H groups in total. The van der Waals surface area contributed by atoms with E-state index in [1.807, 2.05) is 0 Å². The van der Waals surface area contributed by atoms with Gasteiger partial charge in [0.15, 0.2) is 0 Å². The van der Waals surface area contributed by atoms with Crippen LogP contribution in [0.1, 0.15) is 6.92 Å². The van der Waals surface area contributed by atoms with Gasteiger partial charge in [-0.15, -0.1) is 0 Å². The van der Waals surface area contributed by atoms with Crippen molar-refractivity contribution in [2.75, 3.05) is 0 Å². The van der Waals surface area contributed by atoms with Gasteiger partial charge >= 0.3 is 5.97 Å². The zero-order chi connectivity index (χ0) is 8.15. The Bertz CT molecular complexity index is 202. The van der Waals surface area contributed by atoms with Gasteiger partial charge in [0.2, 0.25) is 0 Å². The van der Waals surface area contributed by atoms with E-state index in [-0.39, 0.29) is 10.8 Å². The first-order valence-corrected chi connectivity index (χ1v) is 3.13. The molecule has 0 aromatic rings. The van der Waals surface area contributed by atoms with Crippen LogP contribution in [-0.2, 0) is 4.79 Å². The Balaban J connectivity index is 4.39. The molecule has 0 aliphatic rings. The van der Waals surface area contributed by atoms with Crippen LogP contribution in [0, 0.1) is 11.3 Å². The van der Waals surface area contributed by atoms with Crippen molar-refractivity contribution < 1.29 is 9.90 Å². The summed E-state index contributed by atoms with van der Waals surface area (Å²) in [6, 6.07) is 1.55. The van der Waals surface area contributed by atoms with Gasteiger partial charge < -0.3 is 5.11 Å². The molecule has 0 heterocycles. The summed E-state index contributed by atoms with van der Waals surface area (Å²) in [4.78, 5) is 10.1. The molecule has 0 fully saturated rings. The molecule has 54 valence electrons. The summed E-state index contributed by atoms with van der Waals surface area (Å²) in [6.07, 6.45) is 1.28. The van der Waals surface area contributed by atoms with Crippen molar-refractivity contribution in [3.63, 3.8) is 0 Å². The standard InChI is InChI=1S/C6H7NO2S/c1-4(10)2-5(3-7)6(8)9/h2,4,10H,1H3,(H,8,9)/b5-2+. The molecule has 0 aromatic carbocycles. The van der Waals surface area contributed by atoms with E-state index in [0.29, 0.717) is 0 Å². The molecule has 0 spiro atoms. The maximum absolute atomic E-state index is 10.1. The third kappa shape index (κ3) is 3.15. The fraction of sp³-hybridized carbons (Fsp3) is 0.333. The van der Waals surface area contributed by atoms with Crippen molar-refractivity contribution in [1.82, 2.24) is 0 Å². The summed E-state index contributed by atoms with van der Waals surface area (Å²) in [5, 5.41) is 16.3. The minimum absolute atomic E-state index is 0.203. The van der Waals surface area contributed by atoms with E-state index in [9.17, 15) is 4.79 Å². The molecule has 0 amide bonds. The molecule has 0 rings (SSSR count). The number of rotatable bonds is 2. The van der Waals surface area contributed by atoms with Crippen LogP contribution >= 0.6 is 12.6 Å². The van der Waals surface area contributed by atoms with Crippen LogP contribution in [0.5, 0.6) is 0 Å². The van der Waals surface area contributed by atoms with Crippen LogP contribution in [-0.4, -0.2) is 16.3 Å². The predicted molar refractivity (Wildman–Crippen MR) is 39.8 cm³/mol. The third-order valence-electron chi connectivity index (χ3n) is 0.759. The van der Waals surface area contributed by atoms with Gasteiger partial charge in [-0.1, -0.05) is 0 Å². The first-order valence-electron chi connectivity index (χ1n) is 2.61. The number of nitriles is 1. The van der Waals surface area contributed by atoms with Crippen LogP contribution < -0.4 is 0 Å². The maximum atomic E-state index is 10.1. The molecule has 0 aromatic heterocycles. The van der Waals surface area contributed by atoms with Gasteiger partial charge in [0.1, 0.15) is 11.6 Å². The second kappa shape index (κ2) is 3.96. The average molecular weight is 157 g/mol. The number of nitrogens with zero attached hydrogens (tertiary/aromatic N) is 1. The Hall–Kier alpha value is -0.950. The van der Waals surface area contributed by atoms with E-state index in [1.54, 1.807) is 13.0 Å². The summed E-state index contributed by atoms with van der Waals surface area (Å²) in [5.74, 6) is -1.21. The zero-order valence-electron chi connectivity index (χ0n) is 5.40. The number of aliphatic carboxylic acids is 1. The molecule has 0 saturated heterocycles. The average Bonchev–Trinajstić information content (AvgIpc) is 1.81. The highest BCUT2D eigenvalue weighted by Crippen LogP contribution is 2.00. The van der Waals surface area contributed by atoms with Gasteiger partial charge in [0.25, 0.3) is 0 Å². The van der Waals surface area contributed by atoms with Crippen molar-refractivity contribution in [3.8, 4) is 6.07 Å². The minimum Gasteiger partial charge on any atom is -0.477 e. The summed E-state index contributed by atoms with van der Waals surface area (Å²) >= 11 is 3.90. The summed E-state index contributed by atoms with van der Waals surface area (Å²) in [6.45, 7) is 1.68. The molecule has 0 aliphatic heterocycles. The number of carboxylic acid groups (broad SMARTS) is 1. The lowest BCUT2D eigenvalue weighted by atomic mass is 10.2. The second-order valence-electron chi connectivity index (χ2n) is 1.74. The summed E-state index contributed by atoms with van der Waals surface area (Å²) in [5.41, 5.74) is -0.262. The van der Waals surface area contributed by atoms with E-state index in [0.717, 1.165) is 0 Å². The Morgan fingerprint density at radius 1 is 1.90 bits per heavy atom. The largest absolute Gasteiger partial charge is 0.477 e. The summed E-state index contributed by atoms with van der Waals surface area (Å²) < 4.78 is 0. The number of carbonyl (C=O) groups is 1. The molecule has 10 heavy (non-hydrogen) atoms. The highest BCUT2D eigenvalue weighted by atomic mass is 32.1. The monoisotopic (exact) mass is 157 g/mol. The topological polar surface area (TPSA) is 61.1 Å². The number of hydrogen-bond donors (Lipinski definition) is 2. The molecule has 3 nitrogen and oxygen atoms in total. The molecule has 0 aliphatic carbocycles. The predicted octanol–water partition coefficient (Wildman–Crippen LogP) is 0.839. The van der Waals surface area contributed by atoms with E-state index in [1.165, 1.54) is 6.08 Å². The van der Waals surface area contributed by atoms with Crippen molar-refractivity contribution in [2.24, 2.45) is 0 Å². The van der Waals surface area contributed by atoms with Gasteiger partial charge in [0.05, 0.1) is 0 Å². The summed E-state index contributed by atoms with van der Waals surface area (Å²) in [7, 11) is 0. The zero-order valence-corrected chi connectivity index (χ0v) is 6.30. The van der Waals surface area contributed by atoms with Crippen molar-refractivity contribution in [3.05, 3.63) is 11.6 Å². The molecule has 0 radical (unpaired) electrons. The number of hydrogen-bond acceptors (Lipinski definition) is 3. The minimum atomic E-state index is -1.21. The third-order valence-corrected chi connectivity index (χ3v) is 0.908. The number of carboxylic acids is 1. The van der Waals surface area contributed by atoms with Crippen molar-refractivity contribution in [2.45, 2.75) is 12.2 Å². The molecular weight excluding hydrogens is 150 g/mol. The lowest BCUT2D eigenvalue weighted by Gasteiger charge is -1.92. The van der Waals surface area contributed by atoms with Gasteiger partial charge in [-0.25, -0.2) is 4.79 Å². The van der Waals surface area contributed by atoms with Crippen LogP contribution in [0.2, 0.25) is 0 Å². The number of thiol groups is 1. The van der Waals surface area contributed by atoms with Crippen LogP contribution in [0.4, 0.5) is 0 Å². The molecule has 1 unspecified atom stereocenters. The lowest BCUT2D eigenvalue weighted by Crippen LogP contribution is -2.00. The van der Waals surface area contributed by atoms with E-state index in [2.05, 4.69) is 12.6 Å². The normalized spacial score (nSPS) is 13.9. The van der Waals surface area contributed by atoms with E-state index < -0.39 is 5.97 Å². The van der Waals surface area contributed by atoms with E-state index >= 15 is 0 Å². The lowest BCUT2D eigenvalue weighted by molar-refractivity contribution is -0.132. The highest BCUT2D eigenvalue weighted by molar-refractivity contribution is 7.81. The quantitative estimate of drug-likeness (QED) is 0.354. The smallest absolute Gasteiger partial charge is 0.346 e. The van der Waals surface area contributed by atoms with Gasteiger partial charge in [-0.05, 0) is 13.0 Å². The Kier molecular flexibility index (Phi) is 3.59. The van der Waals surface area contributed by atoms with Gasteiger partial charge in [-0.2, -0.15) is 17.9 Å². The fourth-order valence-corrected chi connectivity index (χ4v) is 0.547. The molecule has 0 saturated carbocycles. The molecular formula is C6H7NO2S. The van der Waals surface area contributed by atoms with Crippen molar-refractivity contribution in [1.29, 1.82) is 5.26 Å². The van der Waals surface area contributed by atoms with Gasteiger partial charge in [-0.3, -0.25) is 0 Å². The van der Waals surface area contributed by atoms with Crippen LogP contribution in [0.15, 0.2) is 11.6 Å². The van der Waals surface area contributed by atoms with Crippen molar-refractivity contribution >= 4 is 18.6 Å². The first kappa shape index (κ1) is 9.05. The SMILES string of the molecule is CC(S)/C=C(\C#N)C(=O)O. The van der Waals surface area contributed by atoms with Gasteiger partial charge in [0, 0.05) is 5.25 Å². The fourth-order valence-electron chi connectivity index (χ4n) is 0.398. The highest BCUT2D eigenvalue weighted by Gasteiger charge is 2.05. The van der Waals surface area contributed by atoms with Crippen LogP contribution in [0.3, 0.4) is 0 Å². The Labute approximate surface area is 64.4 Å². The Morgan fingerprint density at radius 3 is 2.50 bits per heavy atom. The second-order valence-corrected chi connectivity index (χ2v) is 2.55. The molecule has 0 bridgehead atoms. The molecule has 1 atom stereocenters. The Morgan fingerprint density at radius 2 is 2.40 bits per heavy atom. The first-order chi connectivity index (χ1) is 4.57.